The van der Waals surface area contributed by atoms with Crippen LogP contribution < -0.4 is 5.32 Å². The molecule has 1 aromatic heterocycles. The van der Waals surface area contributed by atoms with E-state index in [2.05, 4.69) is 10.4 Å². The first-order valence-electron chi connectivity index (χ1n) is 7.65. The van der Waals surface area contributed by atoms with Crippen molar-refractivity contribution in [3.63, 3.8) is 0 Å². The molecule has 20 heavy (non-hydrogen) atoms. The van der Waals surface area contributed by atoms with Crippen molar-refractivity contribution in [3.8, 4) is 0 Å². The van der Waals surface area contributed by atoms with Crippen LogP contribution in [0.15, 0.2) is 6.20 Å². The molecule has 1 aliphatic carbocycles. The van der Waals surface area contributed by atoms with E-state index in [0.717, 1.165) is 17.3 Å². The van der Waals surface area contributed by atoms with E-state index in [-0.39, 0.29) is 0 Å². The summed E-state index contributed by atoms with van der Waals surface area (Å²) in [4.78, 5) is 0. The molecule has 0 spiro atoms. The highest BCUT2D eigenvalue weighted by molar-refractivity contribution is 6.31. The fraction of sp³-hybridized carbons (Fsp3) is 0.800. The molecule has 0 saturated heterocycles. The number of hydrogen-bond acceptors (Lipinski definition) is 3. The molecule has 0 amide bonds. The predicted octanol–water partition coefficient (Wildman–Crippen LogP) is 3.41. The van der Waals surface area contributed by atoms with Gasteiger partial charge < -0.3 is 10.1 Å². The Morgan fingerprint density at radius 3 is 2.70 bits per heavy atom. The molecule has 1 unspecified atom stereocenters. The molecular weight excluding hydrogens is 274 g/mol. The van der Waals surface area contributed by atoms with Crippen LogP contribution in [0.1, 0.15) is 50.3 Å². The number of nitrogens with zero attached hydrogens (tertiary/aromatic N) is 2. The molecule has 1 fully saturated rings. The van der Waals surface area contributed by atoms with Gasteiger partial charge >= 0.3 is 0 Å². The van der Waals surface area contributed by atoms with Crippen molar-refractivity contribution >= 4 is 11.6 Å². The maximum atomic E-state index is 6.39. The fourth-order valence-corrected chi connectivity index (χ4v) is 3.54. The van der Waals surface area contributed by atoms with Gasteiger partial charge in [0.15, 0.2) is 0 Å². The second kappa shape index (κ2) is 8.01. The Morgan fingerprint density at radius 1 is 1.40 bits per heavy atom. The first-order valence-corrected chi connectivity index (χ1v) is 8.03. The normalized spacial score (nSPS) is 18.9. The van der Waals surface area contributed by atoms with Crippen molar-refractivity contribution in [2.75, 3.05) is 20.8 Å². The molecule has 1 saturated carbocycles. The van der Waals surface area contributed by atoms with Gasteiger partial charge in [-0.1, -0.05) is 37.3 Å². The van der Waals surface area contributed by atoms with Gasteiger partial charge in [0, 0.05) is 7.11 Å². The largest absolute Gasteiger partial charge is 0.383 e. The number of halogens is 1. The summed E-state index contributed by atoms with van der Waals surface area (Å²) in [6.45, 7) is 1.41. The second-order valence-corrected chi connectivity index (χ2v) is 6.02. The summed E-state index contributed by atoms with van der Waals surface area (Å²) in [5, 5.41) is 8.65. The summed E-state index contributed by atoms with van der Waals surface area (Å²) in [5.41, 5.74) is 1.12. The Bertz CT molecular complexity index is 400. The Hall–Kier alpha value is -0.580. The number of methoxy groups -OCH3 is 1. The minimum atomic E-state index is 0.292. The highest BCUT2D eigenvalue weighted by atomic mass is 35.5. The lowest BCUT2D eigenvalue weighted by atomic mass is 9.89. The zero-order valence-corrected chi connectivity index (χ0v) is 13.3. The van der Waals surface area contributed by atoms with Crippen molar-refractivity contribution in [3.05, 3.63) is 16.9 Å². The molecule has 1 aromatic rings. The summed E-state index contributed by atoms with van der Waals surface area (Å²) in [6.07, 6.45) is 9.69. The zero-order chi connectivity index (χ0) is 14.4. The lowest BCUT2D eigenvalue weighted by Gasteiger charge is -2.27. The van der Waals surface area contributed by atoms with Gasteiger partial charge in [0.25, 0.3) is 0 Å². The minimum absolute atomic E-state index is 0.292. The third-order valence-electron chi connectivity index (χ3n) is 4.32. The van der Waals surface area contributed by atoms with Crippen molar-refractivity contribution in [1.82, 2.24) is 15.1 Å². The van der Waals surface area contributed by atoms with Crippen molar-refractivity contribution in [1.29, 1.82) is 0 Å². The van der Waals surface area contributed by atoms with Crippen LogP contribution in [0.3, 0.4) is 0 Å². The molecule has 1 aliphatic rings. The average Bonchev–Trinajstić information content (AvgIpc) is 2.68. The monoisotopic (exact) mass is 299 g/mol. The van der Waals surface area contributed by atoms with E-state index in [4.69, 9.17) is 16.3 Å². The summed E-state index contributed by atoms with van der Waals surface area (Å²) in [7, 11) is 3.74. The molecule has 4 nitrogen and oxygen atoms in total. The lowest BCUT2D eigenvalue weighted by molar-refractivity contribution is 0.180. The summed E-state index contributed by atoms with van der Waals surface area (Å²) in [5.74, 6) is 0.651. The molecule has 0 aromatic carbocycles. The van der Waals surface area contributed by atoms with Crippen LogP contribution in [-0.4, -0.2) is 30.5 Å². The Balaban J connectivity index is 2.18. The van der Waals surface area contributed by atoms with Gasteiger partial charge in [-0.25, -0.2) is 0 Å². The second-order valence-electron chi connectivity index (χ2n) is 5.61. The number of nitrogens with one attached hydrogen (secondary N) is 1. The van der Waals surface area contributed by atoms with E-state index in [1.807, 2.05) is 11.7 Å². The van der Waals surface area contributed by atoms with Gasteiger partial charge in [0.05, 0.1) is 36.1 Å². The number of hydrogen-bond donors (Lipinski definition) is 1. The lowest BCUT2D eigenvalue weighted by Crippen LogP contribution is -2.28. The van der Waals surface area contributed by atoms with Crippen LogP contribution in [0.4, 0.5) is 0 Å². The molecule has 0 bridgehead atoms. The third kappa shape index (κ3) is 3.74. The summed E-state index contributed by atoms with van der Waals surface area (Å²) < 4.78 is 7.16. The quantitative estimate of drug-likeness (QED) is 0.818. The van der Waals surface area contributed by atoms with E-state index in [1.165, 1.54) is 38.5 Å². The predicted molar refractivity (Wildman–Crippen MR) is 82.1 cm³/mol. The van der Waals surface area contributed by atoms with Crippen LogP contribution in [0, 0.1) is 5.92 Å². The number of aromatic nitrogens is 2. The van der Waals surface area contributed by atoms with Crippen LogP contribution >= 0.6 is 11.6 Å². The summed E-state index contributed by atoms with van der Waals surface area (Å²) in [6, 6.07) is 0.292. The molecule has 1 N–H and O–H groups in total. The molecule has 1 atom stereocenters. The third-order valence-corrected chi connectivity index (χ3v) is 4.61. The molecule has 2 rings (SSSR count). The van der Waals surface area contributed by atoms with Crippen LogP contribution in [-0.2, 0) is 11.3 Å². The average molecular weight is 300 g/mol. The standard InChI is InChI=1S/C15H26ClN3O/c1-17-14(12-7-5-3-4-6-8-12)15-13(16)11-18-19(15)9-10-20-2/h11-12,14,17H,3-10H2,1-2H3. The van der Waals surface area contributed by atoms with Gasteiger partial charge in [0.1, 0.15) is 0 Å². The first kappa shape index (κ1) is 15.8. The van der Waals surface area contributed by atoms with Crippen molar-refractivity contribution < 1.29 is 4.74 Å². The number of ether oxygens (including phenoxy) is 1. The van der Waals surface area contributed by atoms with Gasteiger partial charge in [-0.3, -0.25) is 4.68 Å². The highest BCUT2D eigenvalue weighted by Crippen LogP contribution is 2.36. The maximum absolute atomic E-state index is 6.39. The topological polar surface area (TPSA) is 39.1 Å². The fourth-order valence-electron chi connectivity index (χ4n) is 3.28. The molecule has 1 heterocycles. The van der Waals surface area contributed by atoms with E-state index < -0.39 is 0 Å². The minimum Gasteiger partial charge on any atom is -0.383 e. The van der Waals surface area contributed by atoms with E-state index in [9.17, 15) is 0 Å². The van der Waals surface area contributed by atoms with Crippen LogP contribution in [0.25, 0.3) is 0 Å². The van der Waals surface area contributed by atoms with E-state index >= 15 is 0 Å². The van der Waals surface area contributed by atoms with Gasteiger partial charge in [0.2, 0.25) is 0 Å². The van der Waals surface area contributed by atoms with E-state index in [0.29, 0.717) is 18.6 Å². The number of rotatable bonds is 6. The summed E-state index contributed by atoms with van der Waals surface area (Å²) >= 11 is 6.39. The van der Waals surface area contributed by atoms with Gasteiger partial charge in [-0.05, 0) is 25.8 Å². The highest BCUT2D eigenvalue weighted by Gasteiger charge is 2.27. The molecule has 0 aliphatic heterocycles. The van der Waals surface area contributed by atoms with Crippen LogP contribution in [0.5, 0.6) is 0 Å². The van der Waals surface area contributed by atoms with Crippen molar-refractivity contribution in [2.24, 2.45) is 5.92 Å². The Labute approximate surface area is 126 Å². The SMILES string of the molecule is CNC(c1c(Cl)cnn1CCOC)C1CCCCCC1. The molecule has 0 radical (unpaired) electrons. The van der Waals surface area contributed by atoms with Crippen LogP contribution in [0.2, 0.25) is 5.02 Å². The zero-order valence-electron chi connectivity index (χ0n) is 12.6. The smallest absolute Gasteiger partial charge is 0.0834 e. The molecule has 5 heteroatoms. The Kier molecular flexibility index (Phi) is 6.33. The maximum Gasteiger partial charge on any atom is 0.0834 e. The van der Waals surface area contributed by atoms with E-state index in [1.54, 1.807) is 13.3 Å². The Morgan fingerprint density at radius 2 is 2.10 bits per heavy atom. The molecular formula is C15H26ClN3O. The van der Waals surface area contributed by atoms with Gasteiger partial charge in [-0.2, -0.15) is 5.10 Å². The van der Waals surface area contributed by atoms with Gasteiger partial charge in [-0.15, -0.1) is 0 Å². The molecule has 114 valence electrons. The first-order chi connectivity index (χ1) is 9.77. The van der Waals surface area contributed by atoms with Crippen molar-refractivity contribution in [2.45, 2.75) is 51.1 Å².